The lowest BCUT2D eigenvalue weighted by Crippen LogP contribution is -2.33. The second-order valence-corrected chi connectivity index (χ2v) is 5.34. The van der Waals surface area contributed by atoms with Crippen LogP contribution in [0.25, 0.3) is 0 Å². The standard InChI is InChI=1S/C13H27NO3/c1-5-11(15)9-7-6-8-10-14-12(16)17-13(2,3)4/h11,15H,5-10H2,1-4H3,(H,14,16). The van der Waals surface area contributed by atoms with E-state index < -0.39 is 5.60 Å². The van der Waals surface area contributed by atoms with Crippen LogP contribution in [-0.4, -0.2) is 29.4 Å². The molecule has 17 heavy (non-hydrogen) atoms. The minimum absolute atomic E-state index is 0.172. The molecule has 102 valence electrons. The molecule has 1 atom stereocenters. The average molecular weight is 245 g/mol. The van der Waals surface area contributed by atoms with Gasteiger partial charge in [0.1, 0.15) is 5.60 Å². The molecule has 0 bridgehead atoms. The van der Waals surface area contributed by atoms with Gasteiger partial charge in [-0.1, -0.05) is 19.8 Å². The highest BCUT2D eigenvalue weighted by atomic mass is 16.6. The van der Waals surface area contributed by atoms with E-state index in [9.17, 15) is 9.90 Å². The lowest BCUT2D eigenvalue weighted by molar-refractivity contribution is 0.0526. The molecule has 0 aromatic rings. The predicted octanol–water partition coefficient (Wildman–Crippen LogP) is 2.84. The van der Waals surface area contributed by atoms with E-state index in [1.165, 1.54) is 0 Å². The number of carbonyl (C=O) groups is 1. The molecule has 0 radical (unpaired) electrons. The number of alkyl carbamates (subject to hydrolysis) is 1. The van der Waals surface area contributed by atoms with Crippen molar-refractivity contribution in [2.75, 3.05) is 6.54 Å². The summed E-state index contributed by atoms with van der Waals surface area (Å²) < 4.78 is 5.11. The van der Waals surface area contributed by atoms with Crippen LogP contribution in [0.2, 0.25) is 0 Å². The van der Waals surface area contributed by atoms with Gasteiger partial charge in [0.25, 0.3) is 0 Å². The molecule has 1 amide bonds. The van der Waals surface area contributed by atoms with Gasteiger partial charge in [0, 0.05) is 6.54 Å². The van der Waals surface area contributed by atoms with E-state index in [-0.39, 0.29) is 12.2 Å². The molecule has 0 aromatic carbocycles. The van der Waals surface area contributed by atoms with Gasteiger partial charge in [-0.2, -0.15) is 0 Å². The normalized spacial score (nSPS) is 13.2. The number of rotatable bonds is 7. The van der Waals surface area contributed by atoms with Gasteiger partial charge in [-0.3, -0.25) is 0 Å². The number of unbranched alkanes of at least 4 members (excludes halogenated alkanes) is 2. The van der Waals surface area contributed by atoms with Crippen LogP contribution in [0, 0.1) is 0 Å². The first-order valence-electron chi connectivity index (χ1n) is 6.50. The fourth-order valence-corrected chi connectivity index (χ4v) is 1.39. The van der Waals surface area contributed by atoms with Crippen molar-refractivity contribution in [3.05, 3.63) is 0 Å². The van der Waals surface area contributed by atoms with Gasteiger partial charge in [-0.25, -0.2) is 4.79 Å². The lowest BCUT2D eigenvalue weighted by Gasteiger charge is -2.19. The molecule has 2 N–H and O–H groups in total. The van der Waals surface area contributed by atoms with Crippen molar-refractivity contribution in [1.29, 1.82) is 0 Å². The van der Waals surface area contributed by atoms with Crippen molar-refractivity contribution in [2.45, 2.75) is 71.5 Å². The zero-order valence-electron chi connectivity index (χ0n) is 11.6. The van der Waals surface area contributed by atoms with Crippen LogP contribution >= 0.6 is 0 Å². The molecule has 0 fully saturated rings. The summed E-state index contributed by atoms with van der Waals surface area (Å²) in [5.74, 6) is 0. The SMILES string of the molecule is CCC(O)CCCCCNC(=O)OC(C)(C)C. The van der Waals surface area contributed by atoms with E-state index in [0.717, 1.165) is 32.1 Å². The van der Waals surface area contributed by atoms with Crippen LogP contribution in [0.15, 0.2) is 0 Å². The van der Waals surface area contributed by atoms with Gasteiger partial charge >= 0.3 is 6.09 Å². The topological polar surface area (TPSA) is 58.6 Å². The first kappa shape index (κ1) is 16.2. The van der Waals surface area contributed by atoms with Crippen molar-refractivity contribution >= 4 is 6.09 Å². The Bertz CT molecular complexity index is 211. The summed E-state index contributed by atoms with van der Waals surface area (Å²) in [5.41, 5.74) is -0.435. The van der Waals surface area contributed by atoms with Crippen molar-refractivity contribution in [3.8, 4) is 0 Å². The van der Waals surface area contributed by atoms with Crippen LogP contribution in [0.4, 0.5) is 4.79 Å². The number of ether oxygens (including phenoxy) is 1. The van der Waals surface area contributed by atoms with Gasteiger partial charge < -0.3 is 15.2 Å². The molecular weight excluding hydrogens is 218 g/mol. The Kier molecular flexibility index (Phi) is 7.96. The minimum atomic E-state index is -0.435. The zero-order chi connectivity index (χ0) is 13.3. The number of nitrogens with one attached hydrogen (secondary N) is 1. The maximum atomic E-state index is 11.3. The summed E-state index contributed by atoms with van der Waals surface area (Å²) >= 11 is 0. The van der Waals surface area contributed by atoms with Gasteiger partial charge in [0.15, 0.2) is 0 Å². The Morgan fingerprint density at radius 2 is 1.94 bits per heavy atom. The van der Waals surface area contributed by atoms with Crippen LogP contribution in [0.5, 0.6) is 0 Å². The third-order valence-electron chi connectivity index (χ3n) is 2.35. The fourth-order valence-electron chi connectivity index (χ4n) is 1.39. The van der Waals surface area contributed by atoms with Crippen molar-refractivity contribution in [3.63, 3.8) is 0 Å². The Labute approximate surface area is 105 Å². The number of hydrogen-bond donors (Lipinski definition) is 2. The molecule has 0 saturated carbocycles. The third-order valence-corrected chi connectivity index (χ3v) is 2.35. The molecule has 4 nitrogen and oxygen atoms in total. The highest BCUT2D eigenvalue weighted by Gasteiger charge is 2.15. The molecule has 0 saturated heterocycles. The average Bonchev–Trinajstić information content (AvgIpc) is 2.20. The summed E-state index contributed by atoms with van der Waals surface area (Å²) in [7, 11) is 0. The van der Waals surface area contributed by atoms with Crippen molar-refractivity contribution < 1.29 is 14.6 Å². The van der Waals surface area contributed by atoms with Gasteiger partial charge in [0.05, 0.1) is 6.10 Å². The summed E-state index contributed by atoms with van der Waals surface area (Å²) in [6.45, 7) is 8.15. The largest absolute Gasteiger partial charge is 0.444 e. The summed E-state index contributed by atoms with van der Waals surface area (Å²) in [6.07, 6.45) is 4.09. The Balaban J connectivity index is 3.37. The Morgan fingerprint density at radius 1 is 1.29 bits per heavy atom. The number of aliphatic hydroxyl groups is 1. The minimum Gasteiger partial charge on any atom is -0.444 e. The van der Waals surface area contributed by atoms with Gasteiger partial charge in [-0.15, -0.1) is 0 Å². The van der Waals surface area contributed by atoms with Gasteiger partial charge in [-0.05, 0) is 40.0 Å². The van der Waals surface area contributed by atoms with E-state index in [1.54, 1.807) is 0 Å². The second kappa shape index (κ2) is 8.34. The second-order valence-electron chi connectivity index (χ2n) is 5.34. The molecule has 0 heterocycles. The predicted molar refractivity (Wildman–Crippen MR) is 69.0 cm³/mol. The monoisotopic (exact) mass is 245 g/mol. The first-order chi connectivity index (χ1) is 7.85. The highest BCUT2D eigenvalue weighted by Crippen LogP contribution is 2.07. The maximum absolute atomic E-state index is 11.3. The summed E-state index contributed by atoms with van der Waals surface area (Å²) in [5, 5.41) is 12.1. The quantitative estimate of drug-likeness (QED) is 0.678. The van der Waals surface area contributed by atoms with E-state index in [4.69, 9.17) is 4.74 Å². The Morgan fingerprint density at radius 3 is 2.47 bits per heavy atom. The third kappa shape index (κ3) is 11.5. The van der Waals surface area contributed by atoms with Crippen LogP contribution in [0.1, 0.15) is 59.8 Å². The number of aliphatic hydroxyl groups excluding tert-OH is 1. The molecule has 4 heteroatoms. The molecule has 0 rings (SSSR count). The van der Waals surface area contributed by atoms with Crippen molar-refractivity contribution in [2.24, 2.45) is 0 Å². The summed E-state index contributed by atoms with van der Waals surface area (Å²) in [6, 6.07) is 0. The first-order valence-corrected chi connectivity index (χ1v) is 6.50. The highest BCUT2D eigenvalue weighted by molar-refractivity contribution is 5.67. The van der Waals surface area contributed by atoms with E-state index in [0.29, 0.717) is 6.54 Å². The molecule has 0 aliphatic heterocycles. The van der Waals surface area contributed by atoms with Crippen LogP contribution < -0.4 is 5.32 Å². The summed E-state index contributed by atoms with van der Waals surface area (Å²) in [4.78, 5) is 11.3. The Hall–Kier alpha value is -0.770. The van der Waals surface area contributed by atoms with E-state index in [1.807, 2.05) is 27.7 Å². The number of carbonyl (C=O) groups excluding carboxylic acids is 1. The van der Waals surface area contributed by atoms with Crippen molar-refractivity contribution in [1.82, 2.24) is 5.32 Å². The molecule has 1 unspecified atom stereocenters. The van der Waals surface area contributed by atoms with E-state index in [2.05, 4.69) is 5.32 Å². The van der Waals surface area contributed by atoms with Crippen LogP contribution in [0.3, 0.4) is 0 Å². The molecule has 0 aliphatic rings. The molecule has 0 spiro atoms. The molecule has 0 aliphatic carbocycles. The maximum Gasteiger partial charge on any atom is 0.407 e. The smallest absolute Gasteiger partial charge is 0.407 e. The number of hydrogen-bond acceptors (Lipinski definition) is 3. The number of amides is 1. The molecule has 0 aromatic heterocycles. The fraction of sp³-hybridized carbons (Fsp3) is 0.923. The van der Waals surface area contributed by atoms with Gasteiger partial charge in [0.2, 0.25) is 0 Å². The molecular formula is C13H27NO3. The van der Waals surface area contributed by atoms with E-state index >= 15 is 0 Å². The lowest BCUT2D eigenvalue weighted by atomic mass is 10.1. The van der Waals surface area contributed by atoms with Crippen LogP contribution in [-0.2, 0) is 4.74 Å². The zero-order valence-corrected chi connectivity index (χ0v) is 11.6.